The first-order valence-corrected chi connectivity index (χ1v) is 18.4. The largest absolute Gasteiger partial charge is 0.414 e. The lowest BCUT2D eigenvalue weighted by Crippen LogP contribution is -2.48. The minimum atomic E-state index is -2.60. The zero-order valence-electron chi connectivity index (χ0n) is 24.5. The highest BCUT2D eigenvalue weighted by atomic mass is 31.2. The second-order valence-electron chi connectivity index (χ2n) is 12.1. The van der Waals surface area contributed by atoms with E-state index in [1.54, 1.807) is 0 Å². The predicted octanol–water partition coefficient (Wildman–Crippen LogP) is 7.01. The summed E-state index contributed by atoms with van der Waals surface area (Å²) in [4.78, 5) is 0. The van der Waals surface area contributed by atoms with E-state index in [2.05, 4.69) is 131 Å². The molecule has 1 fully saturated rings. The van der Waals surface area contributed by atoms with Crippen LogP contribution in [-0.4, -0.2) is 39.0 Å². The molecule has 3 aromatic carbocycles. The molecule has 1 aliphatic rings. The monoisotopic (exact) mass is 563 g/mol. The summed E-state index contributed by atoms with van der Waals surface area (Å²) in [6.45, 7) is 19.7. The van der Waals surface area contributed by atoms with Crippen LogP contribution in [0, 0.1) is 0 Å². The Hall–Kier alpha value is -2.11. The second-order valence-corrected chi connectivity index (χ2v) is 19.9. The summed E-state index contributed by atoms with van der Waals surface area (Å²) in [5.74, 6) is -0.755. The Bertz CT molecular complexity index is 1110. The first kappa shape index (κ1) is 29.9. The molecule has 208 valence electrons. The molecule has 0 N–H and O–H groups in total. The maximum Gasteiger partial charge on any atom is 0.242 e. The van der Waals surface area contributed by atoms with Crippen molar-refractivity contribution >= 4 is 31.7 Å². The van der Waals surface area contributed by atoms with Crippen LogP contribution in [0.3, 0.4) is 0 Å². The lowest BCUT2D eigenvalue weighted by molar-refractivity contribution is -0.153. The molecular weight excluding hydrogens is 519 g/mol. The molecular formula is C33H44O4PSi+. The first-order chi connectivity index (χ1) is 18.4. The normalized spacial score (nSPS) is 20.5. The fourth-order valence-electron chi connectivity index (χ4n) is 4.73. The molecule has 0 unspecified atom stereocenters. The second kappa shape index (κ2) is 11.8. The molecule has 0 aromatic heterocycles. The molecule has 0 amide bonds. The van der Waals surface area contributed by atoms with Crippen molar-refractivity contribution in [3.05, 3.63) is 104 Å². The van der Waals surface area contributed by atoms with Crippen molar-refractivity contribution in [2.45, 2.75) is 76.8 Å². The highest BCUT2D eigenvalue weighted by molar-refractivity contribution is 7.91. The highest BCUT2D eigenvalue weighted by Crippen LogP contribution is 2.58. The lowest BCUT2D eigenvalue weighted by atomic mass is 10.1. The molecule has 1 saturated heterocycles. The van der Waals surface area contributed by atoms with Gasteiger partial charge >= 0.3 is 0 Å². The van der Waals surface area contributed by atoms with Gasteiger partial charge in [0.25, 0.3) is 0 Å². The SMILES string of the molecule is C=C[C@H]1OC(C)(C)O[C@H]1[C@@H](CO[Si](C)(C)C(C)(C)C)O[P+](c1ccccc1)(c1ccccc1)c1ccccc1. The summed E-state index contributed by atoms with van der Waals surface area (Å²) in [5.41, 5.74) is 0. The zero-order valence-corrected chi connectivity index (χ0v) is 26.4. The van der Waals surface area contributed by atoms with Crippen LogP contribution in [-0.2, 0) is 18.4 Å². The Balaban J connectivity index is 1.89. The topological polar surface area (TPSA) is 36.9 Å². The highest BCUT2D eigenvalue weighted by Gasteiger charge is 2.55. The van der Waals surface area contributed by atoms with E-state index in [4.69, 9.17) is 18.4 Å². The van der Waals surface area contributed by atoms with Crippen molar-refractivity contribution in [1.82, 2.24) is 0 Å². The maximum atomic E-state index is 7.57. The van der Waals surface area contributed by atoms with Crippen molar-refractivity contribution in [3.8, 4) is 0 Å². The molecule has 3 aromatic rings. The van der Waals surface area contributed by atoms with Gasteiger partial charge in [0.15, 0.2) is 20.2 Å². The fourth-order valence-corrected chi connectivity index (χ4v) is 9.36. The first-order valence-electron chi connectivity index (χ1n) is 13.8. The zero-order chi connectivity index (χ0) is 28.3. The van der Waals surface area contributed by atoms with Gasteiger partial charge in [0.2, 0.25) is 7.49 Å². The third-order valence-corrected chi connectivity index (χ3v) is 16.0. The van der Waals surface area contributed by atoms with Crippen LogP contribution < -0.4 is 15.9 Å². The van der Waals surface area contributed by atoms with Crippen molar-refractivity contribution in [3.63, 3.8) is 0 Å². The van der Waals surface area contributed by atoms with E-state index in [-0.39, 0.29) is 17.2 Å². The van der Waals surface area contributed by atoms with Crippen LogP contribution in [0.5, 0.6) is 0 Å². The maximum absolute atomic E-state index is 7.57. The van der Waals surface area contributed by atoms with Crippen LogP contribution in [0.4, 0.5) is 0 Å². The van der Waals surface area contributed by atoms with Crippen LogP contribution in [0.15, 0.2) is 104 Å². The van der Waals surface area contributed by atoms with Gasteiger partial charge in [-0.2, -0.15) is 0 Å². The molecule has 0 aliphatic carbocycles. The lowest BCUT2D eigenvalue weighted by Gasteiger charge is -2.39. The van der Waals surface area contributed by atoms with Crippen LogP contribution in [0.25, 0.3) is 0 Å². The minimum Gasteiger partial charge on any atom is -0.414 e. The van der Waals surface area contributed by atoms with Crippen molar-refractivity contribution in [1.29, 1.82) is 0 Å². The van der Waals surface area contributed by atoms with E-state index in [0.717, 1.165) is 15.9 Å². The summed E-state index contributed by atoms with van der Waals surface area (Å²) < 4.78 is 27.2. The quantitative estimate of drug-likeness (QED) is 0.151. The summed E-state index contributed by atoms with van der Waals surface area (Å²) in [5, 5.41) is 3.50. The van der Waals surface area contributed by atoms with E-state index >= 15 is 0 Å². The van der Waals surface area contributed by atoms with Gasteiger partial charge in [0, 0.05) is 0 Å². The van der Waals surface area contributed by atoms with Gasteiger partial charge < -0.3 is 13.9 Å². The molecule has 0 bridgehead atoms. The standard InChI is InChI=1S/C33H44O4PSi/c1-9-29-31(36-33(5,6)35-29)30(25-34-39(7,8)32(2,3)4)37-38(26-19-13-10-14-20-26,27-21-15-11-16-22-27)28-23-17-12-18-24-28/h9-24,29-31H,1,25H2,2-8H3/q+1/t29-,30-,31-/m1/s1. The van der Waals surface area contributed by atoms with Crippen LogP contribution in [0.1, 0.15) is 34.6 Å². The Morgan fingerprint density at radius 3 is 1.67 bits per heavy atom. The molecule has 0 spiro atoms. The third-order valence-electron chi connectivity index (χ3n) is 7.83. The molecule has 4 rings (SSSR count). The van der Waals surface area contributed by atoms with Crippen LogP contribution >= 0.6 is 7.49 Å². The summed E-state index contributed by atoms with van der Waals surface area (Å²) in [7, 11) is -4.69. The number of ether oxygens (including phenoxy) is 2. The number of hydrogen-bond donors (Lipinski definition) is 0. The molecule has 6 heteroatoms. The molecule has 0 saturated carbocycles. The molecule has 39 heavy (non-hydrogen) atoms. The van der Waals surface area contributed by atoms with Gasteiger partial charge in [-0.25, -0.2) is 4.52 Å². The van der Waals surface area contributed by atoms with Gasteiger partial charge in [-0.1, -0.05) is 81.4 Å². The predicted molar refractivity (Wildman–Crippen MR) is 167 cm³/mol. The Labute approximate surface area is 236 Å². The Morgan fingerprint density at radius 1 is 0.846 bits per heavy atom. The molecule has 0 radical (unpaired) electrons. The van der Waals surface area contributed by atoms with Crippen molar-refractivity contribution in [2.75, 3.05) is 6.61 Å². The van der Waals surface area contributed by atoms with Gasteiger partial charge in [-0.05, 0) is 68.4 Å². The smallest absolute Gasteiger partial charge is 0.242 e. The van der Waals surface area contributed by atoms with Gasteiger partial charge in [-0.15, -0.1) is 6.58 Å². The average molecular weight is 564 g/mol. The van der Waals surface area contributed by atoms with Gasteiger partial charge in [0.05, 0.1) is 6.61 Å². The van der Waals surface area contributed by atoms with Crippen LogP contribution in [0.2, 0.25) is 18.1 Å². The van der Waals surface area contributed by atoms with E-state index in [1.807, 2.05) is 19.9 Å². The van der Waals surface area contributed by atoms with Crippen molar-refractivity contribution in [2.24, 2.45) is 0 Å². The molecule has 1 heterocycles. The van der Waals surface area contributed by atoms with E-state index in [1.165, 1.54) is 0 Å². The molecule has 3 atom stereocenters. The minimum absolute atomic E-state index is 0.0617. The summed E-state index contributed by atoms with van der Waals surface area (Å²) >= 11 is 0. The van der Waals surface area contributed by atoms with Gasteiger partial charge in [-0.3, -0.25) is 0 Å². The van der Waals surface area contributed by atoms with E-state index in [0.29, 0.717) is 6.61 Å². The third kappa shape index (κ3) is 6.46. The summed E-state index contributed by atoms with van der Waals surface area (Å²) in [6.07, 6.45) is 0.725. The fraction of sp³-hybridized carbons (Fsp3) is 0.394. The molecule has 1 aliphatic heterocycles. The number of benzene rings is 3. The van der Waals surface area contributed by atoms with Crippen molar-refractivity contribution < 1.29 is 18.4 Å². The Morgan fingerprint density at radius 2 is 1.28 bits per heavy atom. The van der Waals surface area contributed by atoms with Gasteiger partial charge in [0.1, 0.15) is 28.1 Å². The number of rotatable bonds is 10. The van der Waals surface area contributed by atoms with E-state index < -0.39 is 27.7 Å². The molecule has 4 nitrogen and oxygen atoms in total. The van der Waals surface area contributed by atoms with E-state index in [9.17, 15) is 0 Å². The number of hydrogen-bond acceptors (Lipinski definition) is 4. The summed E-state index contributed by atoms with van der Waals surface area (Å²) in [6, 6.07) is 31.8. The Kier molecular flexibility index (Phi) is 9.02. The average Bonchev–Trinajstić information content (AvgIpc) is 3.24.